The first-order chi connectivity index (χ1) is 17.8. The van der Waals surface area contributed by atoms with Gasteiger partial charge < -0.3 is 25.2 Å². The number of aromatic nitrogens is 1. The van der Waals surface area contributed by atoms with E-state index in [-0.39, 0.29) is 11.9 Å². The van der Waals surface area contributed by atoms with Crippen molar-refractivity contribution in [1.82, 2.24) is 15.2 Å². The van der Waals surface area contributed by atoms with E-state index < -0.39 is 0 Å². The highest BCUT2D eigenvalue weighted by Gasteiger charge is 2.23. The number of nitrogens with one attached hydrogen (secondary N) is 2. The van der Waals surface area contributed by atoms with Crippen LogP contribution in [0.15, 0.2) is 46.5 Å². The van der Waals surface area contributed by atoms with E-state index in [4.69, 9.17) is 4.74 Å². The first-order valence-electron chi connectivity index (χ1n) is 12.5. The summed E-state index contributed by atoms with van der Waals surface area (Å²) >= 11 is 0. The molecule has 1 aliphatic heterocycles. The van der Waals surface area contributed by atoms with Crippen LogP contribution in [0.4, 0.5) is 21.5 Å². The number of nitrogens with zero attached hydrogens (tertiary/aromatic N) is 5. The maximum atomic E-state index is 15.6. The number of fused-ring (bicyclic) bond motifs is 1. The summed E-state index contributed by atoms with van der Waals surface area (Å²) in [4.78, 5) is 17.5. The van der Waals surface area contributed by atoms with Crippen molar-refractivity contribution in [1.29, 1.82) is 0 Å². The Bertz CT molecular complexity index is 1300. The zero-order chi connectivity index (χ0) is 26.5. The van der Waals surface area contributed by atoms with Gasteiger partial charge in [-0.1, -0.05) is 0 Å². The Hall–Kier alpha value is -3.56. The molecule has 2 aromatic carbocycles. The zero-order valence-electron chi connectivity index (χ0n) is 22.3. The van der Waals surface area contributed by atoms with Gasteiger partial charge in [0, 0.05) is 63.1 Å². The number of piperazine rings is 1. The average molecular weight is 506 g/mol. The van der Waals surface area contributed by atoms with Crippen molar-refractivity contribution in [3.8, 4) is 5.75 Å². The number of aryl methyl sites for hydroxylation is 1. The second-order valence-electron chi connectivity index (χ2n) is 9.63. The van der Waals surface area contributed by atoms with E-state index in [2.05, 4.69) is 42.1 Å². The number of rotatable bonds is 8. The van der Waals surface area contributed by atoms with E-state index in [1.807, 2.05) is 40.1 Å². The lowest BCUT2D eigenvalue weighted by Gasteiger charge is -2.31. The van der Waals surface area contributed by atoms with Gasteiger partial charge in [-0.3, -0.25) is 15.0 Å². The second kappa shape index (κ2) is 11.7. The lowest BCUT2D eigenvalue weighted by atomic mass is 10.1. The Kier molecular flexibility index (Phi) is 8.35. The molecule has 0 radical (unpaired) electrons. The molecular weight excluding hydrogens is 469 g/mol. The first kappa shape index (κ1) is 26.5. The Morgan fingerprint density at radius 1 is 1.27 bits per heavy atom. The Morgan fingerprint density at radius 3 is 2.70 bits per heavy atom. The summed E-state index contributed by atoms with van der Waals surface area (Å²) in [6, 6.07) is 9.29. The molecule has 2 N–H and O–H groups in total. The van der Waals surface area contributed by atoms with Gasteiger partial charge in [0.25, 0.3) is 0 Å². The molecule has 1 fully saturated rings. The number of pyridine rings is 1. The first-order valence-corrected chi connectivity index (χ1v) is 12.5. The lowest BCUT2D eigenvalue weighted by molar-refractivity contribution is 0.176. The monoisotopic (exact) mass is 505 g/mol. The maximum Gasteiger partial charge on any atom is 0.156 e. The molecule has 1 aromatic heterocycles. The minimum Gasteiger partial charge on any atom is -0.488 e. The van der Waals surface area contributed by atoms with E-state index in [0.717, 1.165) is 44.0 Å². The van der Waals surface area contributed by atoms with Crippen molar-refractivity contribution in [3.63, 3.8) is 0 Å². The molecule has 0 spiro atoms. The molecule has 196 valence electrons. The van der Waals surface area contributed by atoms with Gasteiger partial charge in [0.1, 0.15) is 17.7 Å². The minimum absolute atomic E-state index is 0.103. The van der Waals surface area contributed by atoms with E-state index in [1.165, 1.54) is 0 Å². The summed E-state index contributed by atoms with van der Waals surface area (Å²) in [5.74, 6) is 0.684. The molecule has 0 aliphatic carbocycles. The summed E-state index contributed by atoms with van der Waals surface area (Å²) in [6.07, 6.45) is 1.63. The number of anilines is 2. The van der Waals surface area contributed by atoms with E-state index in [1.54, 1.807) is 31.4 Å². The number of amidine groups is 1. The van der Waals surface area contributed by atoms with Crippen LogP contribution in [0.1, 0.15) is 18.1 Å². The van der Waals surface area contributed by atoms with Gasteiger partial charge >= 0.3 is 0 Å². The van der Waals surface area contributed by atoms with Gasteiger partial charge in [-0.05, 0) is 64.5 Å². The summed E-state index contributed by atoms with van der Waals surface area (Å²) in [5, 5.41) is 7.04. The van der Waals surface area contributed by atoms with Crippen LogP contribution in [-0.2, 0) is 0 Å². The summed E-state index contributed by atoms with van der Waals surface area (Å²) in [7, 11) is 5.68. The Morgan fingerprint density at radius 2 is 2.03 bits per heavy atom. The van der Waals surface area contributed by atoms with Crippen molar-refractivity contribution in [2.45, 2.75) is 20.0 Å². The van der Waals surface area contributed by atoms with Crippen LogP contribution >= 0.6 is 0 Å². The molecule has 1 atom stereocenters. The Balaban J connectivity index is 1.78. The zero-order valence-corrected chi connectivity index (χ0v) is 22.3. The summed E-state index contributed by atoms with van der Waals surface area (Å²) < 4.78 is 22.0. The van der Waals surface area contributed by atoms with E-state index in [9.17, 15) is 0 Å². The quantitative estimate of drug-likeness (QED) is 0.352. The van der Waals surface area contributed by atoms with Crippen LogP contribution in [0, 0.1) is 12.7 Å². The molecule has 9 heteroatoms. The van der Waals surface area contributed by atoms with Gasteiger partial charge in [-0.2, -0.15) is 0 Å². The fourth-order valence-corrected chi connectivity index (χ4v) is 4.64. The SMILES string of the molecule is C=Nc1cc(N2CCNCC2)cc(O[C@H](C)CN(C)C)c1/C(=N\C)Nc1ccc2ncc(C)cc2c1F. The third-order valence-corrected chi connectivity index (χ3v) is 6.32. The highest BCUT2D eigenvalue weighted by Crippen LogP contribution is 2.37. The van der Waals surface area contributed by atoms with E-state index in [0.29, 0.717) is 39.4 Å². The van der Waals surface area contributed by atoms with Crippen LogP contribution in [-0.4, -0.2) is 82.4 Å². The molecule has 4 rings (SSSR count). The molecule has 3 aromatic rings. The number of halogens is 1. The third kappa shape index (κ3) is 6.06. The van der Waals surface area contributed by atoms with Crippen LogP contribution < -0.4 is 20.3 Å². The smallest absolute Gasteiger partial charge is 0.156 e. The van der Waals surface area contributed by atoms with Crippen molar-refractivity contribution >= 4 is 40.5 Å². The van der Waals surface area contributed by atoms with Gasteiger partial charge in [0.2, 0.25) is 0 Å². The molecule has 0 saturated carbocycles. The molecule has 1 saturated heterocycles. The van der Waals surface area contributed by atoms with Gasteiger partial charge in [-0.15, -0.1) is 0 Å². The molecule has 1 aliphatic rings. The molecule has 0 unspecified atom stereocenters. The highest BCUT2D eigenvalue weighted by molar-refractivity contribution is 6.14. The van der Waals surface area contributed by atoms with E-state index >= 15 is 4.39 Å². The molecule has 0 bridgehead atoms. The van der Waals surface area contributed by atoms with Crippen LogP contribution in [0.3, 0.4) is 0 Å². The third-order valence-electron chi connectivity index (χ3n) is 6.32. The molecule has 2 heterocycles. The number of ether oxygens (including phenoxy) is 1. The van der Waals surface area contributed by atoms with Crippen molar-refractivity contribution < 1.29 is 9.13 Å². The standard InChI is InChI=1S/C28H36FN7O/c1-18-13-21-22(33-16-18)7-8-23(27(21)29)34-28(31-4)26-24(30-3)14-20(36-11-9-32-10-12-36)15-25(26)37-19(2)17-35(5)6/h7-8,13-16,19,32H,3,9-12,17H2,1-2,4-6H3,(H,31,34)/t19-/m1/s1. The van der Waals surface area contributed by atoms with Gasteiger partial charge in [0.05, 0.1) is 22.5 Å². The largest absolute Gasteiger partial charge is 0.488 e. The van der Waals surface area contributed by atoms with Crippen molar-refractivity contribution in [2.75, 3.05) is 64.1 Å². The highest BCUT2D eigenvalue weighted by atomic mass is 19.1. The van der Waals surface area contributed by atoms with Gasteiger partial charge in [0.15, 0.2) is 5.82 Å². The van der Waals surface area contributed by atoms with Crippen molar-refractivity contribution in [3.05, 3.63) is 53.5 Å². The van der Waals surface area contributed by atoms with Crippen LogP contribution in [0.25, 0.3) is 10.9 Å². The topological polar surface area (TPSA) is 77.4 Å². The Labute approximate surface area is 218 Å². The second-order valence-corrected chi connectivity index (χ2v) is 9.63. The lowest BCUT2D eigenvalue weighted by Crippen LogP contribution is -2.43. The number of hydrogen-bond acceptors (Lipinski definition) is 7. The number of aliphatic imine (C=N–C) groups is 2. The number of likely N-dealkylation sites (N-methyl/N-ethyl adjacent to an activating group) is 1. The average Bonchev–Trinajstić information content (AvgIpc) is 2.88. The number of hydrogen-bond donors (Lipinski definition) is 2. The predicted molar refractivity (Wildman–Crippen MR) is 152 cm³/mol. The summed E-state index contributed by atoms with van der Waals surface area (Å²) in [6.45, 7) is 12.1. The fourth-order valence-electron chi connectivity index (χ4n) is 4.64. The predicted octanol–water partition coefficient (Wildman–Crippen LogP) is 4.24. The summed E-state index contributed by atoms with van der Waals surface area (Å²) in [5.41, 5.74) is 4.06. The minimum atomic E-state index is -0.385. The fraction of sp³-hybridized carbons (Fsp3) is 0.393. The van der Waals surface area contributed by atoms with Crippen LogP contribution in [0.5, 0.6) is 5.75 Å². The van der Waals surface area contributed by atoms with Crippen LogP contribution in [0.2, 0.25) is 0 Å². The maximum absolute atomic E-state index is 15.6. The van der Waals surface area contributed by atoms with Gasteiger partial charge in [-0.25, -0.2) is 4.39 Å². The normalized spacial score (nSPS) is 15.2. The molecular formula is C28H36FN7O. The molecule has 37 heavy (non-hydrogen) atoms. The molecule has 0 amide bonds. The van der Waals surface area contributed by atoms with Crippen molar-refractivity contribution in [2.24, 2.45) is 9.98 Å². The molecule has 8 nitrogen and oxygen atoms in total. The number of benzene rings is 2.